The lowest BCUT2D eigenvalue weighted by molar-refractivity contribution is -0.384. The molecule has 1 unspecified atom stereocenters. The number of nitro benzene ring substituents is 1. The molecule has 0 heterocycles. The first kappa shape index (κ1) is 17.4. The van der Waals surface area contributed by atoms with Crippen molar-refractivity contribution in [2.24, 2.45) is 5.92 Å². The Bertz CT molecular complexity index is 773. The van der Waals surface area contributed by atoms with Gasteiger partial charge in [-0.2, -0.15) is 0 Å². The maximum absolute atomic E-state index is 12.8. The van der Waals surface area contributed by atoms with E-state index < -0.39 is 4.92 Å². The van der Waals surface area contributed by atoms with Crippen LogP contribution in [-0.2, 0) is 0 Å². The van der Waals surface area contributed by atoms with Crippen LogP contribution in [0.25, 0.3) is 0 Å². The first-order valence-corrected chi connectivity index (χ1v) is 8.74. The highest BCUT2D eigenvalue weighted by Crippen LogP contribution is 2.36. The first-order chi connectivity index (χ1) is 12.1. The molecule has 1 saturated carbocycles. The Hall–Kier alpha value is -2.40. The lowest BCUT2D eigenvalue weighted by atomic mass is 9.91. The summed E-state index contributed by atoms with van der Waals surface area (Å²) < 4.78 is 0. The standard InChI is InChI=1S/C19H19ClN2O3/c20-17-11-10-15(22(24)25)12-16(17)19(23)21-18(14-8-4-5-9-14)13-6-2-1-3-7-13/h1-3,6-7,10-12,14,18H,4-5,8-9H2,(H,21,23). The molecule has 1 atom stereocenters. The SMILES string of the molecule is O=C(NC(c1ccccc1)C1CCCC1)c1cc([N+](=O)[O-])ccc1Cl. The molecule has 6 heteroatoms. The minimum absolute atomic E-state index is 0.119. The van der Waals surface area contributed by atoms with Crippen molar-refractivity contribution in [3.05, 3.63) is 74.8 Å². The second kappa shape index (κ2) is 7.66. The fourth-order valence-electron chi connectivity index (χ4n) is 3.44. The fourth-order valence-corrected chi connectivity index (χ4v) is 3.65. The Labute approximate surface area is 151 Å². The molecular formula is C19H19ClN2O3. The molecule has 1 aliphatic carbocycles. The van der Waals surface area contributed by atoms with Crippen LogP contribution in [0.15, 0.2) is 48.5 Å². The number of hydrogen-bond donors (Lipinski definition) is 1. The molecule has 1 N–H and O–H groups in total. The van der Waals surface area contributed by atoms with Crippen molar-refractivity contribution in [2.45, 2.75) is 31.7 Å². The van der Waals surface area contributed by atoms with E-state index in [1.54, 1.807) is 0 Å². The number of benzene rings is 2. The predicted molar refractivity (Wildman–Crippen MR) is 96.7 cm³/mol. The highest BCUT2D eigenvalue weighted by atomic mass is 35.5. The zero-order valence-corrected chi connectivity index (χ0v) is 14.4. The average molecular weight is 359 g/mol. The van der Waals surface area contributed by atoms with E-state index in [4.69, 9.17) is 11.6 Å². The van der Waals surface area contributed by atoms with Gasteiger partial charge in [0, 0.05) is 12.1 Å². The molecule has 1 amide bonds. The number of non-ortho nitro benzene ring substituents is 1. The summed E-state index contributed by atoms with van der Waals surface area (Å²) in [5, 5.41) is 14.2. The van der Waals surface area contributed by atoms with Crippen LogP contribution in [0.3, 0.4) is 0 Å². The Morgan fingerprint density at radius 1 is 1.16 bits per heavy atom. The number of halogens is 1. The lowest BCUT2D eigenvalue weighted by Gasteiger charge is -2.25. The van der Waals surface area contributed by atoms with E-state index in [0.29, 0.717) is 5.92 Å². The van der Waals surface area contributed by atoms with Gasteiger partial charge in [-0.05, 0) is 30.4 Å². The van der Waals surface area contributed by atoms with E-state index in [1.807, 2.05) is 30.3 Å². The maximum Gasteiger partial charge on any atom is 0.270 e. The number of rotatable bonds is 5. The van der Waals surface area contributed by atoms with Gasteiger partial charge in [-0.1, -0.05) is 54.8 Å². The number of carbonyl (C=O) groups is 1. The molecule has 0 radical (unpaired) electrons. The second-order valence-electron chi connectivity index (χ2n) is 6.33. The number of carbonyl (C=O) groups excluding carboxylic acids is 1. The zero-order chi connectivity index (χ0) is 17.8. The summed E-state index contributed by atoms with van der Waals surface area (Å²) in [4.78, 5) is 23.2. The van der Waals surface area contributed by atoms with Crippen molar-refractivity contribution in [1.29, 1.82) is 0 Å². The third-order valence-electron chi connectivity index (χ3n) is 4.72. The maximum atomic E-state index is 12.8. The van der Waals surface area contributed by atoms with Crippen molar-refractivity contribution in [3.63, 3.8) is 0 Å². The summed E-state index contributed by atoms with van der Waals surface area (Å²) in [6, 6.07) is 13.6. The van der Waals surface area contributed by atoms with Gasteiger partial charge in [-0.15, -0.1) is 0 Å². The zero-order valence-electron chi connectivity index (χ0n) is 13.7. The van der Waals surface area contributed by atoms with Crippen LogP contribution in [0.2, 0.25) is 5.02 Å². The molecule has 3 rings (SSSR count). The third-order valence-corrected chi connectivity index (χ3v) is 5.05. The Morgan fingerprint density at radius 2 is 1.84 bits per heavy atom. The van der Waals surface area contributed by atoms with Gasteiger partial charge in [-0.3, -0.25) is 14.9 Å². The summed E-state index contributed by atoms with van der Waals surface area (Å²) in [5.41, 5.74) is 1.03. The molecule has 5 nitrogen and oxygen atoms in total. The van der Waals surface area contributed by atoms with Crippen LogP contribution in [0.4, 0.5) is 5.69 Å². The van der Waals surface area contributed by atoms with Crippen LogP contribution in [0, 0.1) is 16.0 Å². The highest BCUT2D eigenvalue weighted by molar-refractivity contribution is 6.34. The monoisotopic (exact) mass is 358 g/mol. The number of amides is 1. The second-order valence-corrected chi connectivity index (χ2v) is 6.73. The van der Waals surface area contributed by atoms with Crippen LogP contribution in [0.5, 0.6) is 0 Å². The van der Waals surface area contributed by atoms with Gasteiger partial charge >= 0.3 is 0 Å². The van der Waals surface area contributed by atoms with E-state index >= 15 is 0 Å². The van der Waals surface area contributed by atoms with E-state index in [-0.39, 0.29) is 28.2 Å². The third kappa shape index (κ3) is 3.99. The molecule has 0 bridgehead atoms. The van der Waals surface area contributed by atoms with Crippen molar-refractivity contribution in [3.8, 4) is 0 Å². The predicted octanol–water partition coefficient (Wildman–Crippen LogP) is 4.91. The first-order valence-electron chi connectivity index (χ1n) is 8.36. The summed E-state index contributed by atoms with van der Waals surface area (Å²) in [6.07, 6.45) is 4.42. The van der Waals surface area contributed by atoms with Crippen LogP contribution >= 0.6 is 11.6 Å². The molecular weight excluding hydrogens is 340 g/mol. The largest absolute Gasteiger partial charge is 0.345 e. The van der Waals surface area contributed by atoms with Crippen molar-refractivity contribution < 1.29 is 9.72 Å². The summed E-state index contributed by atoms with van der Waals surface area (Å²) in [7, 11) is 0. The minimum atomic E-state index is -0.529. The van der Waals surface area contributed by atoms with E-state index in [1.165, 1.54) is 18.2 Å². The Kier molecular flexibility index (Phi) is 5.34. The van der Waals surface area contributed by atoms with Gasteiger partial charge in [0.15, 0.2) is 0 Å². The minimum Gasteiger partial charge on any atom is -0.345 e. The molecule has 2 aromatic rings. The topological polar surface area (TPSA) is 72.2 Å². The normalized spacial score (nSPS) is 15.7. The quantitative estimate of drug-likeness (QED) is 0.609. The van der Waals surface area contributed by atoms with Gasteiger partial charge in [0.2, 0.25) is 0 Å². The number of nitrogens with zero attached hydrogens (tertiary/aromatic N) is 1. The Morgan fingerprint density at radius 3 is 2.48 bits per heavy atom. The molecule has 0 spiro atoms. The molecule has 0 aliphatic heterocycles. The van der Waals surface area contributed by atoms with Crippen molar-refractivity contribution >= 4 is 23.2 Å². The van der Waals surface area contributed by atoms with E-state index in [9.17, 15) is 14.9 Å². The molecule has 0 aromatic heterocycles. The fraction of sp³-hybridized carbons (Fsp3) is 0.316. The van der Waals surface area contributed by atoms with E-state index in [0.717, 1.165) is 31.2 Å². The van der Waals surface area contributed by atoms with Gasteiger partial charge < -0.3 is 5.32 Å². The summed E-state index contributed by atoms with van der Waals surface area (Å²) in [6.45, 7) is 0. The van der Waals surface area contributed by atoms with Crippen molar-refractivity contribution in [1.82, 2.24) is 5.32 Å². The van der Waals surface area contributed by atoms with Gasteiger partial charge in [-0.25, -0.2) is 0 Å². The highest BCUT2D eigenvalue weighted by Gasteiger charge is 2.28. The molecule has 1 fully saturated rings. The lowest BCUT2D eigenvalue weighted by Crippen LogP contribution is -2.33. The van der Waals surface area contributed by atoms with Crippen LogP contribution < -0.4 is 5.32 Å². The van der Waals surface area contributed by atoms with Crippen molar-refractivity contribution in [2.75, 3.05) is 0 Å². The number of hydrogen-bond acceptors (Lipinski definition) is 3. The smallest absolute Gasteiger partial charge is 0.270 e. The van der Waals surface area contributed by atoms with Crippen LogP contribution in [0.1, 0.15) is 47.6 Å². The molecule has 0 saturated heterocycles. The van der Waals surface area contributed by atoms with E-state index in [2.05, 4.69) is 5.32 Å². The number of nitro groups is 1. The summed E-state index contributed by atoms with van der Waals surface area (Å²) in [5.74, 6) is -0.0155. The Balaban J connectivity index is 1.88. The molecule has 25 heavy (non-hydrogen) atoms. The van der Waals surface area contributed by atoms with Crippen LogP contribution in [-0.4, -0.2) is 10.8 Å². The summed E-state index contributed by atoms with van der Waals surface area (Å²) >= 11 is 6.10. The average Bonchev–Trinajstić information content (AvgIpc) is 3.14. The molecule has 1 aliphatic rings. The molecule has 130 valence electrons. The number of nitrogens with one attached hydrogen (secondary N) is 1. The van der Waals surface area contributed by atoms with Gasteiger partial charge in [0.05, 0.1) is 21.6 Å². The van der Waals surface area contributed by atoms with Gasteiger partial charge in [0.1, 0.15) is 0 Å². The van der Waals surface area contributed by atoms with Gasteiger partial charge in [0.25, 0.3) is 11.6 Å². The molecule has 2 aromatic carbocycles.